The number of nitrogens with one attached hydrogen (secondary N) is 1. The Bertz CT molecular complexity index is 1280. The third kappa shape index (κ3) is 49.3. The molecule has 6 heteroatoms. The van der Waals surface area contributed by atoms with Crippen molar-refractivity contribution in [1.82, 2.24) is 5.32 Å². The summed E-state index contributed by atoms with van der Waals surface area (Å²) in [7, 11) is 0. The predicted octanol–water partition coefficient (Wildman–Crippen LogP) is 17.5. The molecule has 0 aromatic rings. The largest absolute Gasteiger partial charge is 0.462 e. The highest BCUT2D eigenvalue weighted by Gasteiger charge is 2.24. The van der Waals surface area contributed by atoms with Crippen molar-refractivity contribution in [2.75, 3.05) is 6.61 Å². The zero-order valence-electron chi connectivity index (χ0n) is 44.0. The molecular formula is C61H107NO5. The zero-order valence-corrected chi connectivity index (χ0v) is 44.0. The molecule has 0 fully saturated rings. The lowest BCUT2D eigenvalue weighted by Crippen LogP contribution is -2.46. The van der Waals surface area contributed by atoms with Gasteiger partial charge in [0.2, 0.25) is 5.91 Å². The molecule has 3 N–H and O–H groups in total. The molecule has 0 aliphatic rings. The first kappa shape index (κ1) is 64.0. The van der Waals surface area contributed by atoms with Gasteiger partial charge in [-0.2, -0.15) is 0 Å². The van der Waals surface area contributed by atoms with Crippen LogP contribution in [-0.4, -0.2) is 46.9 Å². The second-order valence-electron chi connectivity index (χ2n) is 19.1. The molecule has 0 bridgehead atoms. The van der Waals surface area contributed by atoms with E-state index in [0.29, 0.717) is 19.3 Å². The van der Waals surface area contributed by atoms with Crippen LogP contribution in [0.15, 0.2) is 85.1 Å². The number of carbonyl (C=O) groups is 2. The highest BCUT2D eigenvalue weighted by atomic mass is 16.5. The van der Waals surface area contributed by atoms with E-state index < -0.39 is 18.2 Å². The number of hydrogen-bond donors (Lipinski definition) is 3. The first-order chi connectivity index (χ1) is 33.0. The van der Waals surface area contributed by atoms with Crippen molar-refractivity contribution in [3.05, 3.63) is 85.1 Å². The standard InChI is InChI=1S/C61H107NO5/c1-4-7-10-13-16-19-22-25-28-30-31-33-36-39-42-45-48-51-54-61(66)67-57(52-49-46-43-40-37-34-27-24-21-18-15-12-9-6-3)55-60(65)62-58(56-63)59(64)53-50-47-44-41-38-35-32-29-26-23-20-17-14-11-8-5-2/h10,13,16,19,22,25,28,30-31,33-34,37,40,43,57-59,63-64H,4-9,11-12,14-15,17-18,20-21,23-24,26-27,29,32,35-36,38-39,41-42,44-56H2,1-3H3,(H,62,65)/b13-10+,19-16+,25-22+,30-28+,33-31+,37-34+,43-40+. The molecule has 0 rings (SSSR count). The minimum atomic E-state index is -0.809. The summed E-state index contributed by atoms with van der Waals surface area (Å²) in [4.78, 5) is 26.2. The van der Waals surface area contributed by atoms with E-state index in [0.717, 1.165) is 83.5 Å². The van der Waals surface area contributed by atoms with E-state index in [1.54, 1.807) is 0 Å². The summed E-state index contributed by atoms with van der Waals surface area (Å²) in [5.41, 5.74) is 0. The van der Waals surface area contributed by atoms with E-state index in [1.807, 2.05) is 24.3 Å². The van der Waals surface area contributed by atoms with Gasteiger partial charge < -0.3 is 20.3 Å². The first-order valence-electron chi connectivity index (χ1n) is 28.4. The maximum atomic E-state index is 13.3. The zero-order chi connectivity index (χ0) is 48.8. The number of hydrogen-bond acceptors (Lipinski definition) is 5. The minimum absolute atomic E-state index is 0.0306. The van der Waals surface area contributed by atoms with E-state index in [4.69, 9.17) is 4.74 Å². The number of aliphatic hydroxyl groups excluding tert-OH is 2. The third-order valence-electron chi connectivity index (χ3n) is 12.6. The third-order valence-corrected chi connectivity index (χ3v) is 12.6. The van der Waals surface area contributed by atoms with Crippen LogP contribution >= 0.6 is 0 Å². The van der Waals surface area contributed by atoms with Gasteiger partial charge in [-0.1, -0.05) is 273 Å². The van der Waals surface area contributed by atoms with Crippen molar-refractivity contribution in [1.29, 1.82) is 0 Å². The summed E-state index contributed by atoms with van der Waals surface area (Å²) >= 11 is 0. The topological polar surface area (TPSA) is 95.9 Å². The van der Waals surface area contributed by atoms with Gasteiger partial charge >= 0.3 is 5.97 Å². The van der Waals surface area contributed by atoms with Crippen molar-refractivity contribution in [2.24, 2.45) is 0 Å². The van der Waals surface area contributed by atoms with Crippen LogP contribution in [0.3, 0.4) is 0 Å². The number of amides is 1. The summed E-state index contributed by atoms with van der Waals surface area (Å²) in [5, 5.41) is 23.9. The SMILES string of the molecule is CCC/C=C/C=C/C=C/C=C/C=C/CCCCCCCC(=O)OC(CCC/C=C/C=C/CCCCCCCCC)CC(=O)NC(CO)C(O)CCCCCCCCCCCCCCCCCC. The minimum Gasteiger partial charge on any atom is -0.462 e. The van der Waals surface area contributed by atoms with Gasteiger partial charge in [0, 0.05) is 6.42 Å². The van der Waals surface area contributed by atoms with Gasteiger partial charge in [0.15, 0.2) is 0 Å². The molecule has 3 atom stereocenters. The van der Waals surface area contributed by atoms with Gasteiger partial charge in [-0.05, 0) is 64.2 Å². The van der Waals surface area contributed by atoms with E-state index in [1.165, 1.54) is 135 Å². The fourth-order valence-electron chi connectivity index (χ4n) is 8.28. The molecule has 386 valence electrons. The number of carbonyl (C=O) groups excluding carboxylic acids is 2. The lowest BCUT2D eigenvalue weighted by Gasteiger charge is -2.24. The number of allylic oxidation sites excluding steroid dienone is 14. The van der Waals surface area contributed by atoms with Crippen LogP contribution in [0.25, 0.3) is 0 Å². The number of unbranched alkanes of at least 4 members (excludes halogenated alkanes) is 29. The second-order valence-corrected chi connectivity index (χ2v) is 19.1. The molecule has 0 aromatic heterocycles. The molecule has 1 amide bonds. The van der Waals surface area contributed by atoms with E-state index >= 15 is 0 Å². The Kier molecular flexibility index (Phi) is 51.6. The summed E-state index contributed by atoms with van der Waals surface area (Å²) in [5.74, 6) is -0.549. The molecule has 3 unspecified atom stereocenters. The van der Waals surface area contributed by atoms with Gasteiger partial charge in [0.1, 0.15) is 6.10 Å². The van der Waals surface area contributed by atoms with Gasteiger partial charge in [-0.25, -0.2) is 0 Å². The van der Waals surface area contributed by atoms with Crippen molar-refractivity contribution >= 4 is 11.9 Å². The molecular weight excluding hydrogens is 827 g/mol. The first-order valence-corrected chi connectivity index (χ1v) is 28.4. The fraction of sp³-hybridized carbons (Fsp3) is 0.738. The Morgan fingerprint density at radius 1 is 0.433 bits per heavy atom. The van der Waals surface area contributed by atoms with Crippen LogP contribution in [0, 0.1) is 0 Å². The average Bonchev–Trinajstić information content (AvgIpc) is 3.32. The smallest absolute Gasteiger partial charge is 0.306 e. The van der Waals surface area contributed by atoms with Gasteiger partial charge in [0.25, 0.3) is 0 Å². The Morgan fingerprint density at radius 3 is 1.25 bits per heavy atom. The van der Waals surface area contributed by atoms with Crippen LogP contribution in [0.2, 0.25) is 0 Å². The van der Waals surface area contributed by atoms with E-state index in [2.05, 4.69) is 86.8 Å². The maximum Gasteiger partial charge on any atom is 0.306 e. The number of ether oxygens (including phenoxy) is 1. The van der Waals surface area contributed by atoms with Crippen molar-refractivity contribution in [2.45, 2.75) is 283 Å². The van der Waals surface area contributed by atoms with Crippen LogP contribution in [-0.2, 0) is 14.3 Å². The summed E-state index contributed by atoms with van der Waals surface area (Å²) < 4.78 is 5.92. The Labute approximate surface area is 414 Å². The molecule has 0 heterocycles. The lowest BCUT2D eigenvalue weighted by molar-refractivity contribution is -0.151. The van der Waals surface area contributed by atoms with Crippen LogP contribution in [0.4, 0.5) is 0 Å². The van der Waals surface area contributed by atoms with Gasteiger partial charge in [0.05, 0.1) is 25.2 Å². The Balaban J connectivity index is 4.66. The van der Waals surface area contributed by atoms with Gasteiger partial charge in [-0.3, -0.25) is 9.59 Å². The van der Waals surface area contributed by atoms with Crippen LogP contribution in [0.5, 0.6) is 0 Å². The lowest BCUT2D eigenvalue weighted by atomic mass is 10.0. The summed E-state index contributed by atoms with van der Waals surface area (Å²) in [6.07, 6.45) is 70.7. The fourth-order valence-corrected chi connectivity index (χ4v) is 8.28. The second kappa shape index (κ2) is 54.0. The average molecular weight is 935 g/mol. The van der Waals surface area contributed by atoms with Crippen LogP contribution < -0.4 is 5.32 Å². The molecule has 6 nitrogen and oxygen atoms in total. The van der Waals surface area contributed by atoms with Crippen LogP contribution in [0.1, 0.15) is 265 Å². The van der Waals surface area contributed by atoms with E-state index in [9.17, 15) is 19.8 Å². The normalized spacial score (nSPS) is 13.8. The number of aliphatic hydroxyl groups is 2. The monoisotopic (exact) mass is 934 g/mol. The molecule has 67 heavy (non-hydrogen) atoms. The Morgan fingerprint density at radius 2 is 0.806 bits per heavy atom. The van der Waals surface area contributed by atoms with E-state index in [-0.39, 0.29) is 24.9 Å². The quantitative estimate of drug-likeness (QED) is 0.0321. The molecule has 0 aliphatic carbocycles. The highest BCUT2D eigenvalue weighted by Crippen LogP contribution is 2.17. The maximum absolute atomic E-state index is 13.3. The molecule has 0 spiro atoms. The van der Waals surface area contributed by atoms with Crippen molar-refractivity contribution < 1.29 is 24.5 Å². The summed E-state index contributed by atoms with van der Waals surface area (Å²) in [6, 6.07) is -0.726. The van der Waals surface area contributed by atoms with Crippen molar-refractivity contribution in [3.8, 4) is 0 Å². The molecule has 0 aliphatic heterocycles. The van der Waals surface area contributed by atoms with Gasteiger partial charge in [-0.15, -0.1) is 0 Å². The van der Waals surface area contributed by atoms with Crippen molar-refractivity contribution in [3.63, 3.8) is 0 Å². The Hall–Kier alpha value is -2.96. The number of esters is 1. The number of rotatable bonds is 50. The molecule has 0 aromatic carbocycles. The molecule has 0 saturated carbocycles. The highest BCUT2D eigenvalue weighted by molar-refractivity contribution is 5.77. The molecule has 0 radical (unpaired) electrons. The molecule has 0 saturated heterocycles. The predicted molar refractivity (Wildman–Crippen MR) is 291 cm³/mol. The summed E-state index contributed by atoms with van der Waals surface area (Å²) in [6.45, 7) is 6.39.